The largest absolute Gasteiger partial charge is 0.391 e. The molecule has 1 aliphatic heterocycles. The van der Waals surface area contributed by atoms with Gasteiger partial charge in [-0.1, -0.05) is 0 Å². The second kappa shape index (κ2) is 5.16. The summed E-state index contributed by atoms with van der Waals surface area (Å²) in [7, 11) is 3.93. The molecule has 0 saturated carbocycles. The highest BCUT2D eigenvalue weighted by atomic mass is 32.2. The van der Waals surface area contributed by atoms with Gasteiger partial charge in [0.15, 0.2) is 0 Å². The fraction of sp³-hybridized carbons (Fsp3) is 0.800. The van der Waals surface area contributed by atoms with Gasteiger partial charge in [-0.25, -0.2) is 4.98 Å². The van der Waals surface area contributed by atoms with E-state index < -0.39 is 0 Å². The minimum atomic E-state index is -0.360. The molecule has 0 aliphatic carbocycles. The number of hydrogen-bond acceptors (Lipinski definition) is 5. The molecule has 16 heavy (non-hydrogen) atoms. The Morgan fingerprint density at radius 1 is 1.62 bits per heavy atom. The molecule has 1 saturated heterocycles. The van der Waals surface area contributed by atoms with E-state index in [0.29, 0.717) is 6.42 Å². The van der Waals surface area contributed by atoms with Crippen LogP contribution in [-0.2, 0) is 13.5 Å². The van der Waals surface area contributed by atoms with Crippen molar-refractivity contribution in [3.05, 3.63) is 12.2 Å². The number of likely N-dealkylation sites (N-methyl/N-ethyl adjacent to an activating group) is 1. The Morgan fingerprint density at radius 3 is 3.06 bits per heavy atom. The van der Waals surface area contributed by atoms with Crippen molar-refractivity contribution in [2.45, 2.75) is 18.6 Å². The Balaban J connectivity index is 1.96. The summed E-state index contributed by atoms with van der Waals surface area (Å²) < 4.78 is 1.72. The van der Waals surface area contributed by atoms with E-state index in [9.17, 15) is 5.11 Å². The van der Waals surface area contributed by atoms with Gasteiger partial charge in [-0.3, -0.25) is 9.58 Å². The van der Waals surface area contributed by atoms with Crippen molar-refractivity contribution in [1.29, 1.82) is 0 Å². The Bertz CT molecular complexity index is 343. The van der Waals surface area contributed by atoms with E-state index in [-0.39, 0.29) is 12.1 Å². The van der Waals surface area contributed by atoms with Gasteiger partial charge in [-0.2, -0.15) is 16.9 Å². The van der Waals surface area contributed by atoms with Crippen LogP contribution in [0.1, 0.15) is 5.82 Å². The van der Waals surface area contributed by atoms with Crippen LogP contribution in [0.3, 0.4) is 0 Å². The molecule has 0 aromatic carbocycles. The van der Waals surface area contributed by atoms with Crippen molar-refractivity contribution < 1.29 is 5.11 Å². The van der Waals surface area contributed by atoms with Crippen molar-refractivity contribution in [2.24, 2.45) is 7.05 Å². The summed E-state index contributed by atoms with van der Waals surface area (Å²) in [5.74, 6) is 3.00. The number of nitrogens with zero attached hydrogens (tertiary/aromatic N) is 4. The van der Waals surface area contributed by atoms with Crippen molar-refractivity contribution in [3.8, 4) is 0 Å². The van der Waals surface area contributed by atoms with Crippen molar-refractivity contribution >= 4 is 11.8 Å². The maximum Gasteiger partial charge on any atom is 0.138 e. The second-order valence-electron chi connectivity index (χ2n) is 4.19. The maximum absolute atomic E-state index is 10.2. The molecule has 0 spiro atoms. The van der Waals surface area contributed by atoms with Gasteiger partial charge in [0.05, 0.1) is 6.10 Å². The zero-order valence-electron chi connectivity index (χ0n) is 9.70. The molecule has 6 heteroatoms. The minimum absolute atomic E-state index is 0.232. The van der Waals surface area contributed by atoms with Crippen LogP contribution in [0.15, 0.2) is 6.33 Å². The third-order valence-electron chi connectivity index (χ3n) is 3.08. The van der Waals surface area contributed by atoms with E-state index in [4.69, 9.17) is 0 Å². The minimum Gasteiger partial charge on any atom is -0.391 e. The van der Waals surface area contributed by atoms with Gasteiger partial charge in [-0.05, 0) is 7.05 Å². The molecule has 5 nitrogen and oxygen atoms in total. The van der Waals surface area contributed by atoms with Gasteiger partial charge in [0, 0.05) is 37.6 Å². The lowest BCUT2D eigenvalue weighted by Gasteiger charge is -2.35. The summed E-state index contributed by atoms with van der Waals surface area (Å²) in [5.41, 5.74) is 0. The summed E-state index contributed by atoms with van der Waals surface area (Å²) in [4.78, 5) is 6.38. The molecular weight excluding hydrogens is 224 g/mol. The fourth-order valence-corrected chi connectivity index (χ4v) is 3.24. The van der Waals surface area contributed by atoms with E-state index in [0.717, 1.165) is 23.9 Å². The molecule has 2 unspecified atom stereocenters. The zero-order valence-corrected chi connectivity index (χ0v) is 10.5. The zero-order chi connectivity index (χ0) is 11.5. The standard InChI is InChI=1S/C10H18N4OS/c1-13-3-4-16-6-8(13)9(15)5-10-11-7-12-14(10)2/h7-9,15H,3-6H2,1-2H3. The second-order valence-corrected chi connectivity index (χ2v) is 5.34. The van der Waals surface area contributed by atoms with E-state index in [2.05, 4.69) is 22.0 Å². The SMILES string of the molecule is CN1CCSCC1C(O)Cc1ncnn1C. The van der Waals surface area contributed by atoms with Gasteiger partial charge >= 0.3 is 0 Å². The fourth-order valence-electron chi connectivity index (χ4n) is 1.94. The molecule has 1 aromatic rings. The van der Waals surface area contributed by atoms with Crippen LogP contribution < -0.4 is 0 Å². The topological polar surface area (TPSA) is 54.2 Å². The molecule has 0 bridgehead atoms. The molecule has 1 fully saturated rings. The highest BCUT2D eigenvalue weighted by Gasteiger charge is 2.27. The monoisotopic (exact) mass is 242 g/mol. The van der Waals surface area contributed by atoms with E-state index in [1.807, 2.05) is 18.8 Å². The Hall–Kier alpha value is -0.590. The smallest absolute Gasteiger partial charge is 0.138 e. The number of rotatable bonds is 3. The van der Waals surface area contributed by atoms with Gasteiger partial charge in [0.1, 0.15) is 12.2 Å². The molecule has 2 atom stereocenters. The predicted molar refractivity (Wildman–Crippen MR) is 64.5 cm³/mol. The van der Waals surface area contributed by atoms with Gasteiger partial charge < -0.3 is 5.11 Å². The quantitative estimate of drug-likeness (QED) is 0.793. The number of aryl methyl sites for hydroxylation is 1. The first-order valence-corrected chi connectivity index (χ1v) is 6.63. The summed E-state index contributed by atoms with van der Waals surface area (Å²) in [5, 5.41) is 14.2. The highest BCUT2D eigenvalue weighted by molar-refractivity contribution is 7.99. The summed E-state index contributed by atoms with van der Waals surface area (Å²) in [6.45, 7) is 1.05. The highest BCUT2D eigenvalue weighted by Crippen LogP contribution is 2.18. The summed E-state index contributed by atoms with van der Waals surface area (Å²) in [6.07, 6.45) is 1.74. The van der Waals surface area contributed by atoms with Crippen LogP contribution in [0.4, 0.5) is 0 Å². The van der Waals surface area contributed by atoms with Crippen LogP contribution >= 0.6 is 11.8 Å². The van der Waals surface area contributed by atoms with Crippen molar-refractivity contribution in [3.63, 3.8) is 0 Å². The number of aromatic nitrogens is 3. The number of aliphatic hydroxyl groups is 1. The maximum atomic E-state index is 10.2. The molecule has 1 aromatic heterocycles. The average molecular weight is 242 g/mol. The van der Waals surface area contributed by atoms with Crippen molar-refractivity contribution in [2.75, 3.05) is 25.1 Å². The van der Waals surface area contributed by atoms with E-state index in [1.54, 1.807) is 4.68 Å². The van der Waals surface area contributed by atoms with Crippen LogP contribution in [-0.4, -0.2) is 62.0 Å². The molecular formula is C10H18N4OS. The lowest BCUT2D eigenvalue weighted by Crippen LogP contribution is -2.48. The van der Waals surface area contributed by atoms with Crippen LogP contribution in [0.5, 0.6) is 0 Å². The molecule has 1 N–H and O–H groups in total. The number of hydrogen-bond donors (Lipinski definition) is 1. The van der Waals surface area contributed by atoms with Crippen LogP contribution in [0, 0.1) is 0 Å². The lowest BCUT2D eigenvalue weighted by molar-refractivity contribution is 0.0741. The average Bonchev–Trinajstić information content (AvgIpc) is 2.65. The van der Waals surface area contributed by atoms with E-state index in [1.165, 1.54) is 6.33 Å². The summed E-state index contributed by atoms with van der Waals surface area (Å²) >= 11 is 1.91. The lowest BCUT2D eigenvalue weighted by atomic mass is 10.1. The first-order chi connectivity index (χ1) is 7.68. The van der Waals surface area contributed by atoms with E-state index >= 15 is 0 Å². The van der Waals surface area contributed by atoms with Gasteiger partial charge in [-0.15, -0.1) is 0 Å². The third-order valence-corrected chi connectivity index (χ3v) is 4.13. The molecule has 2 heterocycles. The Labute approximate surface area is 99.8 Å². The van der Waals surface area contributed by atoms with Crippen LogP contribution in [0.2, 0.25) is 0 Å². The predicted octanol–water partition coefficient (Wildman–Crippen LogP) is -0.234. The summed E-state index contributed by atoms with van der Waals surface area (Å²) in [6, 6.07) is 0.232. The molecule has 0 radical (unpaired) electrons. The number of aliphatic hydroxyl groups excluding tert-OH is 1. The van der Waals surface area contributed by atoms with Gasteiger partial charge in [0.2, 0.25) is 0 Å². The number of thioether (sulfide) groups is 1. The third kappa shape index (κ3) is 2.56. The molecule has 2 rings (SSSR count). The molecule has 1 aliphatic rings. The van der Waals surface area contributed by atoms with Crippen LogP contribution in [0.25, 0.3) is 0 Å². The Kier molecular flexibility index (Phi) is 3.83. The molecule has 90 valence electrons. The first kappa shape index (κ1) is 11.9. The first-order valence-electron chi connectivity index (χ1n) is 5.47. The normalized spacial score (nSPS) is 24.6. The Morgan fingerprint density at radius 2 is 2.44 bits per heavy atom. The van der Waals surface area contributed by atoms with Gasteiger partial charge in [0.25, 0.3) is 0 Å². The molecule has 0 amide bonds. The van der Waals surface area contributed by atoms with Crippen molar-refractivity contribution in [1.82, 2.24) is 19.7 Å².